The summed E-state index contributed by atoms with van der Waals surface area (Å²) in [5.74, 6) is 0.0448. The van der Waals surface area contributed by atoms with Crippen LogP contribution in [0.2, 0.25) is 0 Å². The molecule has 1 aliphatic rings. The standard InChI is InChI=1S/C23H29N3O2/c1-4-18-10-12-19(13-11-18)16(2)24-17(3)23(28)25-20-7-5-8-21(15-20)26-14-6-9-22(26)27/h5,7-8,10-13,15-17,24H,4,6,9,14H2,1-3H3,(H,25,28). The molecule has 1 saturated heterocycles. The summed E-state index contributed by atoms with van der Waals surface area (Å²) in [4.78, 5) is 26.3. The van der Waals surface area contributed by atoms with Gasteiger partial charge in [-0.15, -0.1) is 0 Å². The Kier molecular flexibility index (Phi) is 6.47. The molecule has 2 amide bonds. The molecule has 2 atom stereocenters. The SMILES string of the molecule is CCc1ccc(C(C)NC(C)C(=O)Nc2cccc(N3CCCC3=O)c2)cc1. The van der Waals surface area contributed by atoms with Crippen LogP contribution in [-0.2, 0) is 16.0 Å². The zero-order chi connectivity index (χ0) is 20.1. The van der Waals surface area contributed by atoms with E-state index in [1.54, 1.807) is 4.90 Å². The number of nitrogens with zero attached hydrogens (tertiary/aromatic N) is 1. The van der Waals surface area contributed by atoms with Crippen molar-refractivity contribution in [3.8, 4) is 0 Å². The van der Waals surface area contributed by atoms with Gasteiger partial charge in [0.25, 0.3) is 0 Å². The number of nitrogens with one attached hydrogen (secondary N) is 2. The second kappa shape index (κ2) is 9.02. The van der Waals surface area contributed by atoms with Gasteiger partial charge >= 0.3 is 0 Å². The number of hydrogen-bond donors (Lipinski definition) is 2. The van der Waals surface area contributed by atoms with Crippen molar-refractivity contribution in [1.82, 2.24) is 5.32 Å². The third-order valence-corrected chi connectivity index (χ3v) is 5.28. The third-order valence-electron chi connectivity index (χ3n) is 5.28. The van der Waals surface area contributed by atoms with E-state index in [0.717, 1.165) is 30.6 Å². The average Bonchev–Trinajstić information content (AvgIpc) is 3.14. The van der Waals surface area contributed by atoms with Gasteiger partial charge in [-0.05, 0) is 56.0 Å². The molecule has 0 spiro atoms. The Hall–Kier alpha value is -2.66. The van der Waals surface area contributed by atoms with Gasteiger partial charge in [-0.2, -0.15) is 0 Å². The number of carbonyl (C=O) groups excluding carboxylic acids is 2. The number of carbonyl (C=O) groups is 2. The summed E-state index contributed by atoms with van der Waals surface area (Å²) in [6, 6.07) is 15.7. The summed E-state index contributed by atoms with van der Waals surface area (Å²) < 4.78 is 0. The van der Waals surface area contributed by atoms with Crippen molar-refractivity contribution in [2.24, 2.45) is 0 Å². The van der Waals surface area contributed by atoms with Crippen molar-refractivity contribution < 1.29 is 9.59 Å². The first-order valence-corrected chi connectivity index (χ1v) is 10.0. The zero-order valence-electron chi connectivity index (χ0n) is 16.9. The highest BCUT2D eigenvalue weighted by molar-refractivity contribution is 5.98. The lowest BCUT2D eigenvalue weighted by Gasteiger charge is -2.21. The monoisotopic (exact) mass is 379 g/mol. The molecule has 2 aromatic carbocycles. The fraction of sp³-hybridized carbons (Fsp3) is 0.391. The number of anilines is 2. The summed E-state index contributed by atoms with van der Waals surface area (Å²) in [6.45, 7) is 6.80. The molecule has 2 N–H and O–H groups in total. The van der Waals surface area contributed by atoms with Crippen molar-refractivity contribution >= 4 is 23.2 Å². The van der Waals surface area contributed by atoms with Crippen molar-refractivity contribution in [3.05, 3.63) is 59.7 Å². The molecule has 28 heavy (non-hydrogen) atoms. The Bertz CT molecular complexity index is 832. The quantitative estimate of drug-likeness (QED) is 0.763. The van der Waals surface area contributed by atoms with Crippen molar-refractivity contribution in [1.29, 1.82) is 0 Å². The van der Waals surface area contributed by atoms with Crippen LogP contribution in [0, 0.1) is 0 Å². The molecule has 0 saturated carbocycles. The smallest absolute Gasteiger partial charge is 0.241 e. The third kappa shape index (κ3) is 4.78. The minimum absolute atomic E-state index is 0.0696. The maximum absolute atomic E-state index is 12.6. The number of rotatable bonds is 7. The predicted molar refractivity (Wildman–Crippen MR) is 113 cm³/mol. The minimum Gasteiger partial charge on any atom is -0.325 e. The maximum Gasteiger partial charge on any atom is 0.241 e. The molecule has 1 heterocycles. The van der Waals surface area contributed by atoms with Crippen LogP contribution in [0.3, 0.4) is 0 Å². The molecule has 0 aliphatic carbocycles. The van der Waals surface area contributed by atoms with Gasteiger partial charge in [-0.3, -0.25) is 14.9 Å². The second-order valence-electron chi connectivity index (χ2n) is 7.39. The van der Waals surface area contributed by atoms with Gasteiger partial charge < -0.3 is 10.2 Å². The van der Waals surface area contributed by atoms with E-state index in [9.17, 15) is 9.59 Å². The highest BCUT2D eigenvalue weighted by Crippen LogP contribution is 2.24. The van der Waals surface area contributed by atoms with Gasteiger partial charge in [0, 0.05) is 30.4 Å². The van der Waals surface area contributed by atoms with Crippen LogP contribution < -0.4 is 15.5 Å². The van der Waals surface area contributed by atoms with E-state index in [2.05, 4.69) is 48.7 Å². The van der Waals surface area contributed by atoms with Gasteiger partial charge in [0.2, 0.25) is 11.8 Å². The number of amides is 2. The van der Waals surface area contributed by atoms with Crippen molar-refractivity contribution in [3.63, 3.8) is 0 Å². The molecule has 2 unspecified atom stereocenters. The van der Waals surface area contributed by atoms with E-state index >= 15 is 0 Å². The highest BCUT2D eigenvalue weighted by Gasteiger charge is 2.22. The van der Waals surface area contributed by atoms with Crippen LogP contribution in [0.1, 0.15) is 50.8 Å². The van der Waals surface area contributed by atoms with E-state index in [4.69, 9.17) is 0 Å². The lowest BCUT2D eigenvalue weighted by molar-refractivity contribution is -0.118. The predicted octanol–water partition coefficient (Wildman–Crippen LogP) is 4.05. The number of benzene rings is 2. The zero-order valence-corrected chi connectivity index (χ0v) is 16.9. The van der Waals surface area contributed by atoms with E-state index in [-0.39, 0.29) is 23.9 Å². The van der Waals surface area contributed by atoms with E-state index < -0.39 is 0 Å². The molecule has 5 heteroatoms. The Balaban J connectivity index is 1.60. The summed E-state index contributed by atoms with van der Waals surface area (Å²) in [6.07, 6.45) is 2.49. The number of hydrogen-bond acceptors (Lipinski definition) is 3. The van der Waals surface area contributed by atoms with Gasteiger partial charge in [-0.25, -0.2) is 0 Å². The number of aryl methyl sites for hydroxylation is 1. The molecule has 148 valence electrons. The molecule has 0 radical (unpaired) electrons. The van der Waals surface area contributed by atoms with Gasteiger partial charge in [0.1, 0.15) is 0 Å². The van der Waals surface area contributed by atoms with Crippen LogP contribution >= 0.6 is 0 Å². The topological polar surface area (TPSA) is 61.4 Å². The van der Waals surface area contributed by atoms with Gasteiger partial charge in [-0.1, -0.05) is 37.3 Å². The molecular formula is C23H29N3O2. The van der Waals surface area contributed by atoms with Gasteiger partial charge in [0.05, 0.1) is 6.04 Å². The molecule has 3 rings (SSSR count). The normalized spacial score (nSPS) is 16.1. The molecule has 5 nitrogen and oxygen atoms in total. The van der Waals surface area contributed by atoms with Crippen molar-refractivity contribution in [2.45, 2.75) is 52.1 Å². The lowest BCUT2D eigenvalue weighted by Crippen LogP contribution is -2.39. The van der Waals surface area contributed by atoms with Crippen LogP contribution in [-0.4, -0.2) is 24.4 Å². The Morgan fingerprint density at radius 1 is 1.14 bits per heavy atom. The maximum atomic E-state index is 12.6. The Morgan fingerprint density at radius 2 is 1.89 bits per heavy atom. The second-order valence-corrected chi connectivity index (χ2v) is 7.39. The molecular weight excluding hydrogens is 350 g/mol. The first kappa shape index (κ1) is 20.1. The summed E-state index contributed by atoms with van der Waals surface area (Å²) in [5.41, 5.74) is 4.01. The van der Waals surface area contributed by atoms with Gasteiger partial charge in [0.15, 0.2) is 0 Å². The van der Waals surface area contributed by atoms with E-state index in [1.807, 2.05) is 31.2 Å². The Morgan fingerprint density at radius 3 is 2.54 bits per heavy atom. The fourth-order valence-electron chi connectivity index (χ4n) is 3.51. The lowest BCUT2D eigenvalue weighted by atomic mass is 10.0. The summed E-state index contributed by atoms with van der Waals surface area (Å²) >= 11 is 0. The van der Waals surface area contributed by atoms with Crippen LogP contribution in [0.25, 0.3) is 0 Å². The van der Waals surface area contributed by atoms with Crippen LogP contribution in [0.5, 0.6) is 0 Å². The van der Waals surface area contributed by atoms with E-state index in [0.29, 0.717) is 12.1 Å². The molecule has 1 fully saturated rings. The average molecular weight is 380 g/mol. The van der Waals surface area contributed by atoms with Crippen LogP contribution in [0.4, 0.5) is 11.4 Å². The van der Waals surface area contributed by atoms with Crippen molar-refractivity contribution in [2.75, 3.05) is 16.8 Å². The molecule has 1 aliphatic heterocycles. The summed E-state index contributed by atoms with van der Waals surface area (Å²) in [7, 11) is 0. The molecule has 0 aromatic heterocycles. The summed E-state index contributed by atoms with van der Waals surface area (Å²) in [5, 5.41) is 6.31. The largest absolute Gasteiger partial charge is 0.325 e. The molecule has 2 aromatic rings. The fourth-order valence-corrected chi connectivity index (χ4v) is 3.51. The first-order chi connectivity index (χ1) is 13.5. The Labute approximate surface area is 167 Å². The van der Waals surface area contributed by atoms with Crippen LogP contribution in [0.15, 0.2) is 48.5 Å². The minimum atomic E-state index is -0.349. The van der Waals surface area contributed by atoms with E-state index in [1.165, 1.54) is 5.56 Å². The highest BCUT2D eigenvalue weighted by atomic mass is 16.2. The molecule has 0 bridgehead atoms. The first-order valence-electron chi connectivity index (χ1n) is 10.0.